The van der Waals surface area contributed by atoms with Crippen LogP contribution in [0.15, 0.2) is 0 Å². The Hall–Kier alpha value is -0.340. The molecule has 0 saturated carbocycles. The third-order valence-electron chi connectivity index (χ3n) is 2.57. The third kappa shape index (κ3) is 3.91. The molecule has 0 aromatic heterocycles. The molecule has 0 bridgehead atoms. The van der Waals surface area contributed by atoms with E-state index in [4.69, 9.17) is 5.11 Å². The molecule has 1 atom stereocenters. The van der Waals surface area contributed by atoms with Crippen LogP contribution in [0.2, 0.25) is 0 Å². The van der Waals surface area contributed by atoms with Crippen LogP contribution in [-0.4, -0.2) is 49.9 Å². The summed E-state index contributed by atoms with van der Waals surface area (Å²) in [5.74, 6) is -0.463. The van der Waals surface area contributed by atoms with E-state index in [9.17, 15) is 21.6 Å². The SMILES string of the molecule is O=S1(=O)CCCC(CO)(NCC(F)(F)F)C1. The first-order valence-corrected chi connectivity index (χ1v) is 6.63. The zero-order valence-electron chi connectivity index (χ0n) is 8.55. The summed E-state index contributed by atoms with van der Waals surface area (Å²) in [6.45, 7) is -1.90. The largest absolute Gasteiger partial charge is 0.401 e. The Morgan fingerprint density at radius 3 is 2.44 bits per heavy atom. The summed E-state index contributed by atoms with van der Waals surface area (Å²) in [5, 5.41) is 11.2. The van der Waals surface area contributed by atoms with Gasteiger partial charge in [0.15, 0.2) is 9.84 Å². The van der Waals surface area contributed by atoms with Gasteiger partial charge in [0, 0.05) is 0 Å². The van der Waals surface area contributed by atoms with E-state index in [1.807, 2.05) is 0 Å². The van der Waals surface area contributed by atoms with Gasteiger partial charge in [0.2, 0.25) is 0 Å². The number of sulfone groups is 1. The van der Waals surface area contributed by atoms with Gasteiger partial charge in [0.1, 0.15) is 0 Å². The van der Waals surface area contributed by atoms with Crippen molar-refractivity contribution in [3.05, 3.63) is 0 Å². The third-order valence-corrected chi connectivity index (χ3v) is 4.48. The molecule has 4 nitrogen and oxygen atoms in total. The van der Waals surface area contributed by atoms with Crippen molar-refractivity contribution in [1.82, 2.24) is 5.32 Å². The van der Waals surface area contributed by atoms with Crippen molar-refractivity contribution in [3.63, 3.8) is 0 Å². The molecule has 1 heterocycles. The maximum atomic E-state index is 12.0. The molecular formula is C8H14F3NO3S. The van der Waals surface area contributed by atoms with Gasteiger partial charge in [-0.25, -0.2) is 8.42 Å². The monoisotopic (exact) mass is 261 g/mol. The Balaban J connectivity index is 2.70. The van der Waals surface area contributed by atoms with Crippen molar-refractivity contribution in [3.8, 4) is 0 Å². The highest BCUT2D eigenvalue weighted by Crippen LogP contribution is 2.24. The van der Waals surface area contributed by atoms with Gasteiger partial charge in [0.25, 0.3) is 0 Å². The summed E-state index contributed by atoms with van der Waals surface area (Å²) in [6, 6.07) is 0. The van der Waals surface area contributed by atoms with Crippen molar-refractivity contribution in [1.29, 1.82) is 0 Å². The predicted molar refractivity (Wildman–Crippen MR) is 51.8 cm³/mol. The van der Waals surface area contributed by atoms with E-state index in [0.29, 0.717) is 0 Å². The topological polar surface area (TPSA) is 66.4 Å². The molecule has 1 fully saturated rings. The highest BCUT2D eigenvalue weighted by atomic mass is 32.2. The van der Waals surface area contributed by atoms with Crippen molar-refractivity contribution in [2.75, 3.05) is 24.7 Å². The van der Waals surface area contributed by atoms with Crippen LogP contribution in [0.25, 0.3) is 0 Å². The van der Waals surface area contributed by atoms with E-state index >= 15 is 0 Å². The predicted octanol–water partition coefficient (Wildman–Crippen LogP) is 0.0780. The molecule has 0 aliphatic carbocycles. The van der Waals surface area contributed by atoms with E-state index in [0.717, 1.165) is 0 Å². The summed E-state index contributed by atoms with van der Waals surface area (Å²) in [7, 11) is -3.36. The molecule has 0 aromatic rings. The molecule has 1 aliphatic heterocycles. The number of hydrogen-bond donors (Lipinski definition) is 2. The second-order valence-electron chi connectivity index (χ2n) is 4.10. The van der Waals surface area contributed by atoms with Crippen LogP contribution in [0.1, 0.15) is 12.8 Å². The minimum absolute atomic E-state index is 0.0253. The lowest BCUT2D eigenvalue weighted by Crippen LogP contribution is -2.58. The van der Waals surface area contributed by atoms with Gasteiger partial charge < -0.3 is 10.4 Å². The van der Waals surface area contributed by atoms with Crippen molar-refractivity contribution >= 4 is 9.84 Å². The smallest absolute Gasteiger partial charge is 0.394 e. The quantitative estimate of drug-likeness (QED) is 0.755. The van der Waals surface area contributed by atoms with E-state index in [1.165, 1.54) is 0 Å². The summed E-state index contributed by atoms with van der Waals surface area (Å²) >= 11 is 0. The van der Waals surface area contributed by atoms with Gasteiger partial charge in [0.05, 0.1) is 30.2 Å². The second kappa shape index (κ2) is 4.50. The maximum Gasteiger partial charge on any atom is 0.401 e. The average Bonchev–Trinajstić information content (AvgIpc) is 2.12. The Kier molecular flexibility index (Phi) is 3.86. The molecule has 0 radical (unpaired) electrons. The molecule has 0 spiro atoms. The van der Waals surface area contributed by atoms with Gasteiger partial charge in [-0.05, 0) is 12.8 Å². The Morgan fingerprint density at radius 2 is 2.00 bits per heavy atom. The van der Waals surface area contributed by atoms with Gasteiger partial charge in [-0.3, -0.25) is 0 Å². The van der Waals surface area contributed by atoms with Crippen molar-refractivity contribution in [2.24, 2.45) is 0 Å². The lowest BCUT2D eigenvalue weighted by atomic mass is 9.96. The molecule has 16 heavy (non-hydrogen) atoms. The summed E-state index contributed by atoms with van der Waals surface area (Å²) in [5.41, 5.74) is -1.34. The first-order valence-electron chi connectivity index (χ1n) is 4.81. The van der Waals surface area contributed by atoms with Gasteiger partial charge in [-0.2, -0.15) is 13.2 Å². The maximum absolute atomic E-state index is 12.0. The average molecular weight is 261 g/mol. The van der Waals surface area contributed by atoms with Crippen molar-refractivity contribution < 1.29 is 26.7 Å². The zero-order chi connectivity index (χ0) is 12.4. The van der Waals surface area contributed by atoms with Crippen LogP contribution in [-0.2, 0) is 9.84 Å². The minimum Gasteiger partial charge on any atom is -0.394 e. The number of alkyl halides is 3. The fraction of sp³-hybridized carbons (Fsp3) is 1.00. The van der Waals surface area contributed by atoms with Crippen LogP contribution >= 0.6 is 0 Å². The Morgan fingerprint density at radius 1 is 1.38 bits per heavy atom. The van der Waals surface area contributed by atoms with Crippen LogP contribution in [0.5, 0.6) is 0 Å². The molecule has 2 N–H and O–H groups in total. The van der Waals surface area contributed by atoms with E-state index in [2.05, 4.69) is 5.32 Å². The molecule has 1 saturated heterocycles. The molecule has 1 aliphatic rings. The number of aliphatic hydroxyl groups excluding tert-OH is 1. The first-order chi connectivity index (χ1) is 7.18. The molecule has 0 aromatic carbocycles. The molecule has 1 rings (SSSR count). The first kappa shape index (κ1) is 13.7. The van der Waals surface area contributed by atoms with Gasteiger partial charge >= 0.3 is 6.18 Å². The Labute approximate surface area is 91.8 Å². The zero-order valence-corrected chi connectivity index (χ0v) is 9.36. The number of hydrogen-bond acceptors (Lipinski definition) is 4. The normalized spacial score (nSPS) is 30.2. The van der Waals surface area contributed by atoms with E-state index in [-0.39, 0.29) is 18.6 Å². The highest BCUT2D eigenvalue weighted by molar-refractivity contribution is 7.91. The molecule has 1 unspecified atom stereocenters. The van der Waals surface area contributed by atoms with Crippen LogP contribution in [0.4, 0.5) is 13.2 Å². The summed E-state index contributed by atoms with van der Waals surface area (Å²) in [4.78, 5) is 0. The Bertz CT molecular complexity index is 341. The van der Waals surface area contributed by atoms with E-state index < -0.39 is 40.5 Å². The van der Waals surface area contributed by atoms with Gasteiger partial charge in [-0.15, -0.1) is 0 Å². The molecule has 8 heteroatoms. The lowest BCUT2D eigenvalue weighted by molar-refractivity contribution is -0.129. The van der Waals surface area contributed by atoms with Crippen LogP contribution in [0.3, 0.4) is 0 Å². The van der Waals surface area contributed by atoms with Crippen LogP contribution in [0, 0.1) is 0 Å². The standard InChI is InChI=1S/C8H14F3NO3S/c9-8(10,11)4-12-7(5-13)2-1-3-16(14,15)6-7/h12-13H,1-6H2. The minimum atomic E-state index is -4.41. The molecule has 96 valence electrons. The molecular weight excluding hydrogens is 247 g/mol. The van der Waals surface area contributed by atoms with Crippen LogP contribution < -0.4 is 5.32 Å². The fourth-order valence-electron chi connectivity index (χ4n) is 1.80. The number of rotatable bonds is 3. The summed E-state index contributed by atoms with van der Waals surface area (Å²) in [6.07, 6.45) is -3.91. The second-order valence-corrected chi connectivity index (χ2v) is 6.29. The number of aliphatic hydroxyl groups is 1. The van der Waals surface area contributed by atoms with Crippen molar-refractivity contribution in [2.45, 2.75) is 24.6 Å². The van der Waals surface area contributed by atoms with E-state index in [1.54, 1.807) is 0 Å². The highest BCUT2D eigenvalue weighted by Gasteiger charge is 2.41. The van der Waals surface area contributed by atoms with Gasteiger partial charge in [-0.1, -0.05) is 0 Å². The lowest BCUT2D eigenvalue weighted by Gasteiger charge is -2.36. The number of nitrogens with one attached hydrogen (secondary N) is 1. The summed E-state index contributed by atoms with van der Waals surface area (Å²) < 4.78 is 58.7. The molecule has 0 amide bonds. The number of halogens is 3. The fourth-order valence-corrected chi connectivity index (χ4v) is 3.71.